The number of H-pyrrole nitrogens is 1. The highest BCUT2D eigenvalue weighted by molar-refractivity contribution is 7.71. The first kappa shape index (κ1) is 16.9. The number of aromatic amines is 1. The van der Waals surface area contributed by atoms with Gasteiger partial charge in [0, 0.05) is 0 Å². The van der Waals surface area contributed by atoms with Gasteiger partial charge < -0.3 is 10.2 Å². The Balaban J connectivity index is 1.45. The molecule has 0 bridgehead atoms. The zero-order chi connectivity index (χ0) is 18.6. The van der Waals surface area contributed by atoms with Crippen LogP contribution >= 0.6 is 12.2 Å². The number of aryl methyl sites for hydroxylation is 1. The van der Waals surface area contributed by atoms with E-state index in [1.54, 1.807) is 9.36 Å². The minimum atomic E-state index is 0.299. The van der Waals surface area contributed by atoms with E-state index in [9.17, 15) is 0 Å². The second-order valence-corrected chi connectivity index (χ2v) is 6.09. The predicted octanol–water partition coefficient (Wildman–Crippen LogP) is 2.76. The van der Waals surface area contributed by atoms with Crippen LogP contribution in [-0.4, -0.2) is 35.1 Å². The molecule has 2 aromatic heterocycles. The topological polar surface area (TPSA) is 98.5 Å². The van der Waals surface area contributed by atoms with Gasteiger partial charge >= 0.3 is 6.01 Å². The maximum atomic E-state index is 5.82. The Labute approximate surface area is 159 Å². The largest absolute Gasteiger partial charge is 0.423 e. The zero-order valence-corrected chi connectivity index (χ0v) is 15.2. The number of aromatic nitrogens is 7. The Morgan fingerprint density at radius 2 is 1.89 bits per heavy atom. The molecule has 0 saturated carbocycles. The molecule has 0 aliphatic heterocycles. The molecule has 0 fully saturated rings. The lowest BCUT2D eigenvalue weighted by Crippen LogP contribution is -2.15. The number of tetrazole rings is 1. The molecule has 0 unspecified atom stereocenters. The van der Waals surface area contributed by atoms with Gasteiger partial charge in [0.1, 0.15) is 11.6 Å². The van der Waals surface area contributed by atoms with Crippen LogP contribution in [0.3, 0.4) is 0 Å². The quantitative estimate of drug-likeness (QED) is 0.496. The van der Waals surface area contributed by atoms with E-state index in [1.807, 2.05) is 61.5 Å². The van der Waals surface area contributed by atoms with Crippen molar-refractivity contribution in [2.75, 3.05) is 5.43 Å². The molecule has 2 aromatic carbocycles. The standard InChI is InChI=1S/C17H16N8OS/c1-12-19-21-17(27)24(12)18-11-13-7-9-15(10-8-13)26-16-20-22-23-25(16)14-5-3-2-4-6-14/h2-10,18H,11H2,1H3,(H,21,27). The first-order valence-electron chi connectivity index (χ1n) is 8.19. The molecule has 0 aliphatic rings. The number of ether oxygens (including phenoxy) is 1. The zero-order valence-electron chi connectivity index (χ0n) is 14.4. The number of hydrogen-bond acceptors (Lipinski definition) is 7. The van der Waals surface area contributed by atoms with Gasteiger partial charge in [0.05, 0.1) is 12.2 Å². The maximum absolute atomic E-state index is 5.82. The molecular formula is C17H16N8OS. The van der Waals surface area contributed by atoms with Gasteiger partial charge in [0.15, 0.2) is 0 Å². The average Bonchev–Trinajstić information content (AvgIpc) is 3.29. The van der Waals surface area contributed by atoms with Crippen LogP contribution in [0.1, 0.15) is 11.4 Å². The summed E-state index contributed by atoms with van der Waals surface area (Å²) in [5.41, 5.74) is 5.10. The fourth-order valence-corrected chi connectivity index (χ4v) is 2.73. The number of nitrogens with zero attached hydrogens (tertiary/aromatic N) is 6. The Morgan fingerprint density at radius 3 is 2.59 bits per heavy atom. The van der Waals surface area contributed by atoms with E-state index >= 15 is 0 Å². The summed E-state index contributed by atoms with van der Waals surface area (Å²) in [7, 11) is 0. The van der Waals surface area contributed by atoms with E-state index in [1.165, 1.54) is 0 Å². The van der Waals surface area contributed by atoms with Crippen LogP contribution in [0.25, 0.3) is 5.69 Å². The fraction of sp³-hybridized carbons (Fsp3) is 0.118. The molecule has 4 rings (SSSR count). The summed E-state index contributed by atoms with van der Waals surface area (Å²) >= 11 is 5.17. The van der Waals surface area contributed by atoms with Gasteiger partial charge in [-0.1, -0.05) is 35.4 Å². The van der Waals surface area contributed by atoms with Crippen molar-refractivity contribution in [3.8, 4) is 17.4 Å². The van der Waals surface area contributed by atoms with Gasteiger partial charge in [-0.25, -0.2) is 4.68 Å². The normalized spacial score (nSPS) is 10.7. The smallest absolute Gasteiger partial charge is 0.345 e. The highest BCUT2D eigenvalue weighted by atomic mass is 32.1. The second-order valence-electron chi connectivity index (χ2n) is 5.70. The summed E-state index contributed by atoms with van der Waals surface area (Å²) in [4.78, 5) is 0. The van der Waals surface area contributed by atoms with Crippen molar-refractivity contribution in [3.63, 3.8) is 0 Å². The SMILES string of the molecule is Cc1n[nH]c(=S)n1NCc1ccc(Oc2nnnn2-c2ccccc2)cc1. The average molecular weight is 380 g/mol. The van der Waals surface area contributed by atoms with Gasteiger partial charge in [-0.2, -0.15) is 9.78 Å². The number of nitrogens with one attached hydrogen (secondary N) is 2. The summed E-state index contributed by atoms with van der Waals surface area (Å²) in [5, 5.41) is 18.4. The lowest BCUT2D eigenvalue weighted by atomic mass is 10.2. The van der Waals surface area contributed by atoms with Gasteiger partial charge in [-0.05, 0) is 59.4 Å². The van der Waals surface area contributed by atoms with Crippen LogP contribution in [0.15, 0.2) is 54.6 Å². The molecule has 9 nitrogen and oxygen atoms in total. The molecule has 27 heavy (non-hydrogen) atoms. The molecule has 0 spiro atoms. The first-order valence-corrected chi connectivity index (χ1v) is 8.60. The van der Waals surface area contributed by atoms with Crippen LogP contribution in [-0.2, 0) is 6.54 Å². The molecule has 0 radical (unpaired) electrons. The fourth-order valence-electron chi connectivity index (χ4n) is 2.49. The van der Waals surface area contributed by atoms with Crippen molar-refractivity contribution in [3.05, 3.63) is 70.8 Å². The lowest BCUT2D eigenvalue weighted by molar-refractivity contribution is 0.427. The van der Waals surface area contributed by atoms with Crippen molar-refractivity contribution in [1.29, 1.82) is 0 Å². The molecule has 0 atom stereocenters. The Kier molecular flexibility index (Phi) is 4.62. The summed E-state index contributed by atoms with van der Waals surface area (Å²) in [6.07, 6.45) is 0. The minimum Gasteiger partial charge on any atom is -0.423 e. The van der Waals surface area contributed by atoms with Crippen molar-refractivity contribution < 1.29 is 4.74 Å². The van der Waals surface area contributed by atoms with E-state index in [0.717, 1.165) is 17.1 Å². The number of benzene rings is 2. The predicted molar refractivity (Wildman–Crippen MR) is 101 cm³/mol. The van der Waals surface area contributed by atoms with Gasteiger partial charge in [0.2, 0.25) is 4.77 Å². The van der Waals surface area contributed by atoms with Crippen LogP contribution < -0.4 is 10.2 Å². The van der Waals surface area contributed by atoms with Crippen molar-refractivity contribution in [2.24, 2.45) is 0 Å². The third-order valence-electron chi connectivity index (χ3n) is 3.86. The van der Waals surface area contributed by atoms with Crippen LogP contribution in [0, 0.1) is 11.7 Å². The Morgan fingerprint density at radius 1 is 1.11 bits per heavy atom. The van der Waals surface area contributed by atoms with E-state index in [2.05, 4.69) is 31.1 Å². The third-order valence-corrected chi connectivity index (χ3v) is 4.13. The van der Waals surface area contributed by atoms with E-state index in [4.69, 9.17) is 17.0 Å². The second kappa shape index (κ2) is 7.38. The van der Waals surface area contributed by atoms with Gasteiger partial charge in [-0.15, -0.1) is 0 Å². The summed E-state index contributed by atoms with van der Waals surface area (Å²) < 4.78 is 9.62. The summed E-state index contributed by atoms with van der Waals surface area (Å²) in [6, 6.07) is 17.5. The van der Waals surface area contributed by atoms with E-state index in [0.29, 0.717) is 23.1 Å². The highest BCUT2D eigenvalue weighted by Crippen LogP contribution is 2.21. The van der Waals surface area contributed by atoms with Crippen molar-refractivity contribution in [1.82, 2.24) is 35.1 Å². The molecular weight excluding hydrogens is 364 g/mol. The maximum Gasteiger partial charge on any atom is 0.345 e. The Hall–Kier alpha value is -3.53. The number of para-hydroxylation sites is 1. The molecule has 0 amide bonds. The molecule has 10 heteroatoms. The molecule has 136 valence electrons. The Bertz CT molecular complexity index is 1080. The number of rotatable bonds is 6. The van der Waals surface area contributed by atoms with Crippen LogP contribution in [0.4, 0.5) is 0 Å². The monoisotopic (exact) mass is 380 g/mol. The number of hydrogen-bond donors (Lipinski definition) is 2. The third kappa shape index (κ3) is 3.70. The molecule has 4 aromatic rings. The van der Waals surface area contributed by atoms with Crippen LogP contribution in [0.2, 0.25) is 0 Å². The van der Waals surface area contributed by atoms with Gasteiger partial charge in [-0.3, -0.25) is 5.10 Å². The lowest BCUT2D eigenvalue weighted by Gasteiger charge is -2.09. The molecule has 2 heterocycles. The molecule has 0 saturated heterocycles. The van der Waals surface area contributed by atoms with E-state index in [-0.39, 0.29) is 0 Å². The van der Waals surface area contributed by atoms with Crippen molar-refractivity contribution in [2.45, 2.75) is 13.5 Å². The summed E-state index contributed by atoms with van der Waals surface area (Å²) in [5.74, 6) is 1.41. The first-order chi connectivity index (χ1) is 13.2. The molecule has 0 aliphatic carbocycles. The molecule has 2 N–H and O–H groups in total. The van der Waals surface area contributed by atoms with Crippen LogP contribution in [0.5, 0.6) is 11.8 Å². The highest BCUT2D eigenvalue weighted by Gasteiger charge is 2.10. The minimum absolute atomic E-state index is 0.299. The summed E-state index contributed by atoms with van der Waals surface area (Å²) in [6.45, 7) is 2.46. The van der Waals surface area contributed by atoms with Crippen molar-refractivity contribution >= 4 is 12.2 Å². The van der Waals surface area contributed by atoms with E-state index < -0.39 is 0 Å². The van der Waals surface area contributed by atoms with Gasteiger partial charge in [0.25, 0.3) is 0 Å².